The molecule has 0 bridgehead atoms. The number of phenols is 1. The fourth-order valence-corrected chi connectivity index (χ4v) is 5.10. The van der Waals surface area contributed by atoms with Gasteiger partial charge in [-0.3, -0.25) is 19.9 Å². The number of nitro benzene ring substituents is 1. The lowest BCUT2D eigenvalue weighted by Gasteiger charge is -2.07. The Labute approximate surface area is 212 Å². The molecule has 9 nitrogen and oxygen atoms in total. The van der Waals surface area contributed by atoms with Crippen molar-refractivity contribution in [1.82, 2.24) is 4.98 Å². The number of thiazole rings is 1. The SMILES string of the molecule is COc1ccc(NC(=O)CSc2nc3ccc(N=Cc4cc(Cl)ccc4O)cc3s2)c([N+](=O)[O-])c1. The van der Waals surface area contributed by atoms with Crippen LogP contribution in [-0.4, -0.2) is 40.0 Å². The average molecular weight is 529 g/mol. The fraction of sp³-hybridized carbons (Fsp3) is 0.0870. The number of aromatic nitrogens is 1. The highest BCUT2D eigenvalue weighted by Crippen LogP contribution is 2.33. The summed E-state index contributed by atoms with van der Waals surface area (Å²) in [4.78, 5) is 32.0. The number of hydrogen-bond acceptors (Lipinski definition) is 9. The number of halogens is 1. The van der Waals surface area contributed by atoms with Gasteiger partial charge in [0.2, 0.25) is 5.91 Å². The van der Waals surface area contributed by atoms with Gasteiger partial charge < -0.3 is 15.2 Å². The predicted molar refractivity (Wildman–Crippen MR) is 139 cm³/mol. The Morgan fingerprint density at radius 3 is 2.89 bits per heavy atom. The molecule has 0 saturated heterocycles. The minimum Gasteiger partial charge on any atom is -0.507 e. The number of fused-ring (bicyclic) bond motifs is 1. The number of hydrogen-bond donors (Lipinski definition) is 2. The van der Waals surface area contributed by atoms with Gasteiger partial charge >= 0.3 is 0 Å². The molecule has 1 aromatic heterocycles. The summed E-state index contributed by atoms with van der Waals surface area (Å²) < 4.78 is 6.55. The van der Waals surface area contributed by atoms with Gasteiger partial charge in [0.05, 0.1) is 39.8 Å². The first-order valence-corrected chi connectivity index (χ1v) is 12.2. The van der Waals surface area contributed by atoms with Crippen LogP contribution in [0.5, 0.6) is 11.5 Å². The van der Waals surface area contributed by atoms with E-state index < -0.39 is 10.8 Å². The van der Waals surface area contributed by atoms with Crippen molar-refractivity contribution in [3.8, 4) is 11.5 Å². The summed E-state index contributed by atoms with van der Waals surface area (Å²) in [5, 5.41) is 24.3. The van der Waals surface area contributed by atoms with Gasteiger partial charge in [-0.1, -0.05) is 23.4 Å². The summed E-state index contributed by atoms with van der Waals surface area (Å²) in [6.07, 6.45) is 1.53. The number of nitrogens with one attached hydrogen (secondary N) is 1. The van der Waals surface area contributed by atoms with Crippen molar-refractivity contribution in [2.45, 2.75) is 4.34 Å². The van der Waals surface area contributed by atoms with E-state index in [1.54, 1.807) is 18.2 Å². The number of aromatic hydroxyl groups is 1. The van der Waals surface area contributed by atoms with Crippen molar-refractivity contribution in [3.63, 3.8) is 0 Å². The number of rotatable bonds is 8. The minimum absolute atomic E-state index is 0.0298. The van der Waals surface area contributed by atoms with Crippen LogP contribution in [0.3, 0.4) is 0 Å². The molecule has 4 rings (SSSR count). The van der Waals surface area contributed by atoms with E-state index in [0.29, 0.717) is 26.4 Å². The van der Waals surface area contributed by atoms with Crippen LogP contribution in [0.1, 0.15) is 5.56 Å². The van der Waals surface area contributed by atoms with Gasteiger partial charge in [-0.15, -0.1) is 11.3 Å². The van der Waals surface area contributed by atoms with Crippen LogP contribution in [-0.2, 0) is 4.79 Å². The number of nitro groups is 1. The Kier molecular flexibility index (Phi) is 7.49. The number of carbonyl (C=O) groups excluding carboxylic acids is 1. The van der Waals surface area contributed by atoms with E-state index in [1.165, 1.54) is 60.7 Å². The van der Waals surface area contributed by atoms with E-state index in [9.17, 15) is 20.0 Å². The molecule has 3 aromatic carbocycles. The van der Waals surface area contributed by atoms with Crippen molar-refractivity contribution in [1.29, 1.82) is 0 Å². The second-order valence-electron chi connectivity index (χ2n) is 7.07. The lowest BCUT2D eigenvalue weighted by molar-refractivity contribution is -0.384. The molecule has 0 atom stereocenters. The van der Waals surface area contributed by atoms with Crippen molar-refractivity contribution < 1.29 is 19.6 Å². The summed E-state index contributed by atoms with van der Waals surface area (Å²) in [6, 6.07) is 14.4. The molecule has 1 amide bonds. The normalized spacial score (nSPS) is 11.1. The monoisotopic (exact) mass is 528 g/mol. The third kappa shape index (κ3) is 6.07. The topological polar surface area (TPSA) is 127 Å². The third-order valence-electron chi connectivity index (χ3n) is 4.70. The molecular formula is C23H17ClN4O5S2. The molecule has 4 aromatic rings. The number of aliphatic imine (C=N–C) groups is 1. The van der Waals surface area contributed by atoms with Gasteiger partial charge in [-0.25, -0.2) is 4.98 Å². The summed E-state index contributed by atoms with van der Waals surface area (Å²) in [5.41, 5.74) is 1.77. The van der Waals surface area contributed by atoms with Crippen LogP contribution in [0.4, 0.5) is 17.1 Å². The first-order valence-electron chi connectivity index (χ1n) is 10.0. The minimum atomic E-state index is -0.577. The maximum Gasteiger partial charge on any atom is 0.296 e. The van der Waals surface area contributed by atoms with Crippen molar-refractivity contribution >= 4 is 74.1 Å². The first kappa shape index (κ1) is 24.5. The van der Waals surface area contributed by atoms with Crippen LogP contribution in [0.2, 0.25) is 5.02 Å². The van der Waals surface area contributed by atoms with Crippen LogP contribution >= 0.6 is 34.7 Å². The fourth-order valence-electron chi connectivity index (χ4n) is 3.02. The molecule has 178 valence electrons. The number of methoxy groups -OCH3 is 1. The Morgan fingerprint density at radius 1 is 1.29 bits per heavy atom. The molecule has 35 heavy (non-hydrogen) atoms. The van der Waals surface area contributed by atoms with E-state index in [0.717, 1.165) is 10.2 Å². The maximum atomic E-state index is 12.4. The summed E-state index contributed by atoms with van der Waals surface area (Å²) >= 11 is 8.60. The summed E-state index contributed by atoms with van der Waals surface area (Å²) in [5.74, 6) is 0.0388. The maximum absolute atomic E-state index is 12.4. The third-order valence-corrected chi connectivity index (χ3v) is 7.09. The zero-order valence-electron chi connectivity index (χ0n) is 18.1. The number of nitrogens with zero attached hydrogens (tertiary/aromatic N) is 3. The van der Waals surface area contributed by atoms with Gasteiger partial charge in [0.1, 0.15) is 17.2 Å². The van der Waals surface area contributed by atoms with E-state index in [1.807, 2.05) is 12.1 Å². The van der Waals surface area contributed by atoms with Crippen molar-refractivity contribution in [2.24, 2.45) is 4.99 Å². The molecule has 0 fully saturated rings. The smallest absolute Gasteiger partial charge is 0.296 e. The molecule has 1 heterocycles. The Morgan fingerprint density at radius 2 is 2.11 bits per heavy atom. The zero-order chi connectivity index (χ0) is 24.9. The predicted octanol–water partition coefficient (Wildman–Crippen LogP) is 6.05. The molecule has 0 radical (unpaired) electrons. The number of phenolic OH excluding ortho intramolecular Hbond substituents is 1. The van der Waals surface area contributed by atoms with E-state index in [4.69, 9.17) is 16.3 Å². The van der Waals surface area contributed by atoms with E-state index in [2.05, 4.69) is 15.3 Å². The van der Waals surface area contributed by atoms with Gasteiger partial charge in [-0.05, 0) is 48.5 Å². The van der Waals surface area contributed by atoms with Gasteiger partial charge in [0, 0.05) is 16.8 Å². The second kappa shape index (κ2) is 10.7. The van der Waals surface area contributed by atoms with Crippen molar-refractivity contribution in [3.05, 3.63) is 75.3 Å². The van der Waals surface area contributed by atoms with Crippen LogP contribution in [0.15, 0.2) is 63.9 Å². The molecule has 12 heteroatoms. The Hall–Kier alpha value is -3.67. The van der Waals surface area contributed by atoms with E-state index >= 15 is 0 Å². The number of carbonyl (C=O) groups is 1. The average Bonchev–Trinajstić information content (AvgIpc) is 3.25. The lowest BCUT2D eigenvalue weighted by Crippen LogP contribution is -2.15. The molecule has 0 aliphatic heterocycles. The number of benzene rings is 3. The summed E-state index contributed by atoms with van der Waals surface area (Å²) in [6.45, 7) is 0. The highest BCUT2D eigenvalue weighted by molar-refractivity contribution is 8.01. The van der Waals surface area contributed by atoms with Crippen LogP contribution in [0.25, 0.3) is 10.2 Å². The van der Waals surface area contributed by atoms with E-state index in [-0.39, 0.29) is 22.9 Å². The number of ether oxygens (including phenoxy) is 1. The molecule has 0 aliphatic rings. The largest absolute Gasteiger partial charge is 0.507 e. The second-order valence-corrected chi connectivity index (χ2v) is 9.76. The van der Waals surface area contributed by atoms with Gasteiger partial charge in [0.25, 0.3) is 5.69 Å². The van der Waals surface area contributed by atoms with Gasteiger partial charge in [0.15, 0.2) is 4.34 Å². The molecule has 2 N–H and O–H groups in total. The van der Waals surface area contributed by atoms with Crippen molar-refractivity contribution in [2.75, 3.05) is 18.2 Å². The zero-order valence-corrected chi connectivity index (χ0v) is 20.5. The van der Waals surface area contributed by atoms with Gasteiger partial charge in [-0.2, -0.15) is 0 Å². The quantitative estimate of drug-likeness (QED) is 0.123. The Bertz CT molecular complexity index is 1460. The molecule has 0 aliphatic carbocycles. The molecular weight excluding hydrogens is 512 g/mol. The number of thioether (sulfide) groups is 1. The molecule has 0 spiro atoms. The highest BCUT2D eigenvalue weighted by Gasteiger charge is 2.18. The number of amides is 1. The number of anilines is 1. The van der Waals surface area contributed by atoms with Crippen LogP contribution < -0.4 is 10.1 Å². The standard InChI is InChI=1S/C23H17ClN4O5S2/c1-33-16-4-6-17(19(10-16)28(31)32)26-22(30)12-34-23-27-18-5-3-15(9-21(18)35-23)25-11-13-8-14(24)2-7-20(13)29/h2-11,29H,12H2,1H3,(H,26,30). The van der Waals surface area contributed by atoms with Crippen LogP contribution in [0, 0.1) is 10.1 Å². The highest BCUT2D eigenvalue weighted by atomic mass is 35.5. The summed E-state index contributed by atoms with van der Waals surface area (Å²) in [7, 11) is 1.41. The lowest BCUT2D eigenvalue weighted by atomic mass is 10.2. The first-order chi connectivity index (χ1) is 16.8. The molecule has 0 saturated carbocycles. The molecule has 0 unspecified atom stereocenters. The Balaban J connectivity index is 1.42.